The fourth-order valence-corrected chi connectivity index (χ4v) is 1.57. The lowest BCUT2D eigenvalue weighted by Crippen LogP contribution is -2.07. The average molecular weight is 310 g/mol. The van der Waals surface area contributed by atoms with Gasteiger partial charge in [-0.05, 0) is 19.9 Å². The third-order valence-electron chi connectivity index (χ3n) is 2.66. The summed E-state index contributed by atoms with van der Waals surface area (Å²) in [5.74, 6) is -0.0161. The smallest absolute Gasteiger partial charge is 0.309 e. The van der Waals surface area contributed by atoms with E-state index in [2.05, 4.69) is 5.16 Å². The minimum atomic E-state index is -0.513. The van der Waals surface area contributed by atoms with Crippen molar-refractivity contribution in [3.63, 3.8) is 0 Å². The van der Waals surface area contributed by atoms with E-state index in [-0.39, 0.29) is 24.7 Å². The topological polar surface area (TPSA) is 100 Å². The molecule has 120 valence electrons. The van der Waals surface area contributed by atoms with E-state index in [1.807, 2.05) is 0 Å². The van der Waals surface area contributed by atoms with Gasteiger partial charge in [-0.2, -0.15) is 0 Å². The Morgan fingerprint density at radius 2 is 2.09 bits per heavy atom. The fraction of sp³-hybridized carbons (Fsp3) is 0.429. The molecule has 0 aliphatic heterocycles. The molecule has 0 saturated carbocycles. The lowest BCUT2D eigenvalue weighted by molar-refractivity contribution is -0.384. The molecule has 0 amide bonds. The van der Waals surface area contributed by atoms with Crippen LogP contribution in [0.25, 0.3) is 0 Å². The Hall–Kier alpha value is -2.64. The second-order valence-electron chi connectivity index (χ2n) is 4.24. The Kier molecular flexibility index (Phi) is 6.81. The fourth-order valence-electron chi connectivity index (χ4n) is 1.57. The van der Waals surface area contributed by atoms with E-state index in [1.54, 1.807) is 19.9 Å². The molecule has 0 aliphatic carbocycles. The minimum Gasteiger partial charge on any atom is -0.496 e. The van der Waals surface area contributed by atoms with Crippen molar-refractivity contribution >= 4 is 17.4 Å². The van der Waals surface area contributed by atoms with Crippen LogP contribution in [0.15, 0.2) is 23.4 Å². The number of rotatable bonds is 8. The maximum atomic E-state index is 11.1. The molecular formula is C14H18N2O6. The number of nitro groups is 1. The number of carbonyl (C=O) groups excluding carboxylic acids is 1. The van der Waals surface area contributed by atoms with Crippen molar-refractivity contribution < 1.29 is 24.0 Å². The van der Waals surface area contributed by atoms with Gasteiger partial charge < -0.3 is 14.3 Å². The lowest BCUT2D eigenvalue weighted by atomic mass is 10.1. The maximum absolute atomic E-state index is 11.1. The molecule has 0 aliphatic rings. The van der Waals surface area contributed by atoms with Crippen molar-refractivity contribution in [2.24, 2.45) is 5.16 Å². The van der Waals surface area contributed by atoms with Gasteiger partial charge in [0.2, 0.25) is 0 Å². The highest BCUT2D eigenvalue weighted by Gasteiger charge is 2.12. The van der Waals surface area contributed by atoms with E-state index >= 15 is 0 Å². The van der Waals surface area contributed by atoms with Crippen LogP contribution in [0.3, 0.4) is 0 Å². The predicted molar refractivity (Wildman–Crippen MR) is 79.1 cm³/mol. The van der Waals surface area contributed by atoms with Crippen LogP contribution in [-0.4, -0.2) is 36.9 Å². The van der Waals surface area contributed by atoms with Gasteiger partial charge in [0.25, 0.3) is 5.69 Å². The summed E-state index contributed by atoms with van der Waals surface area (Å²) >= 11 is 0. The van der Waals surface area contributed by atoms with Gasteiger partial charge in [0.05, 0.1) is 36.8 Å². The van der Waals surface area contributed by atoms with Crippen LogP contribution in [0.2, 0.25) is 0 Å². The number of hydrogen-bond acceptors (Lipinski definition) is 7. The molecule has 1 aromatic rings. The number of esters is 1. The van der Waals surface area contributed by atoms with Gasteiger partial charge >= 0.3 is 5.97 Å². The normalized spacial score (nSPS) is 11.0. The number of nitrogens with zero attached hydrogens (tertiary/aromatic N) is 2. The summed E-state index contributed by atoms with van der Waals surface area (Å²) < 4.78 is 9.77. The van der Waals surface area contributed by atoms with E-state index in [9.17, 15) is 14.9 Å². The molecule has 0 radical (unpaired) electrons. The maximum Gasteiger partial charge on any atom is 0.309 e. The molecule has 0 unspecified atom stereocenters. The lowest BCUT2D eigenvalue weighted by Gasteiger charge is -2.05. The number of hydrogen-bond donors (Lipinski definition) is 0. The summed E-state index contributed by atoms with van der Waals surface area (Å²) in [5, 5.41) is 14.7. The van der Waals surface area contributed by atoms with Crippen molar-refractivity contribution in [3.05, 3.63) is 33.9 Å². The average Bonchev–Trinajstić information content (AvgIpc) is 2.51. The molecule has 1 rings (SSSR count). The Labute approximate surface area is 127 Å². The summed E-state index contributed by atoms with van der Waals surface area (Å²) in [4.78, 5) is 26.5. The first kappa shape index (κ1) is 17.4. The first-order chi connectivity index (χ1) is 10.5. The van der Waals surface area contributed by atoms with Gasteiger partial charge in [0, 0.05) is 11.6 Å². The number of non-ortho nitro benzene ring substituents is 1. The number of oxime groups is 1. The molecule has 0 N–H and O–H groups in total. The first-order valence-corrected chi connectivity index (χ1v) is 6.64. The van der Waals surface area contributed by atoms with Gasteiger partial charge in [-0.1, -0.05) is 5.16 Å². The number of carbonyl (C=O) groups is 1. The van der Waals surface area contributed by atoms with E-state index in [1.165, 1.54) is 19.2 Å². The first-order valence-electron chi connectivity index (χ1n) is 6.64. The largest absolute Gasteiger partial charge is 0.496 e. The highest BCUT2D eigenvalue weighted by atomic mass is 16.6. The number of benzene rings is 1. The molecule has 0 atom stereocenters. The van der Waals surface area contributed by atoms with Gasteiger partial charge in [0.15, 0.2) is 0 Å². The second-order valence-corrected chi connectivity index (χ2v) is 4.24. The summed E-state index contributed by atoms with van der Waals surface area (Å²) in [6.45, 7) is 3.75. The van der Waals surface area contributed by atoms with E-state index < -0.39 is 4.92 Å². The third-order valence-corrected chi connectivity index (χ3v) is 2.66. The van der Waals surface area contributed by atoms with Crippen LogP contribution in [0.4, 0.5) is 5.69 Å². The molecule has 1 aromatic carbocycles. The van der Waals surface area contributed by atoms with Crippen LogP contribution in [0.5, 0.6) is 5.75 Å². The number of nitro benzene ring substituents is 1. The van der Waals surface area contributed by atoms with Crippen molar-refractivity contribution in [1.29, 1.82) is 0 Å². The number of ether oxygens (including phenoxy) is 2. The second kappa shape index (κ2) is 8.60. The van der Waals surface area contributed by atoms with E-state index in [4.69, 9.17) is 14.3 Å². The summed E-state index contributed by atoms with van der Waals surface area (Å²) in [7, 11) is 1.42. The molecule has 0 aromatic heterocycles. The molecule has 8 nitrogen and oxygen atoms in total. The standard InChI is InChI=1S/C14H18N2O6/c1-4-21-14(17)5-6-22-15-10(2)11-7-12(16(18)19)9-13(8-11)20-3/h7-9H,4-6H2,1-3H3/b15-10+. The zero-order valence-corrected chi connectivity index (χ0v) is 12.7. The van der Waals surface area contributed by atoms with E-state index in [0.717, 1.165) is 0 Å². The number of methoxy groups -OCH3 is 1. The Morgan fingerprint density at radius 1 is 1.36 bits per heavy atom. The molecule has 0 bridgehead atoms. The van der Waals surface area contributed by atoms with Crippen LogP contribution in [0.1, 0.15) is 25.8 Å². The predicted octanol–water partition coefficient (Wildman–Crippen LogP) is 2.30. The highest BCUT2D eigenvalue weighted by Crippen LogP contribution is 2.23. The van der Waals surface area contributed by atoms with Gasteiger partial charge in [-0.15, -0.1) is 0 Å². The highest BCUT2D eigenvalue weighted by molar-refractivity contribution is 5.99. The molecule has 0 heterocycles. The third kappa shape index (κ3) is 5.39. The van der Waals surface area contributed by atoms with Crippen LogP contribution in [0, 0.1) is 10.1 Å². The zero-order valence-electron chi connectivity index (χ0n) is 12.7. The molecule has 0 spiro atoms. The summed E-state index contributed by atoms with van der Waals surface area (Å²) in [6, 6.07) is 4.30. The van der Waals surface area contributed by atoms with Crippen molar-refractivity contribution in [2.75, 3.05) is 20.3 Å². The molecule has 0 saturated heterocycles. The summed E-state index contributed by atoms with van der Waals surface area (Å²) in [6.07, 6.45) is 0.0862. The van der Waals surface area contributed by atoms with Gasteiger partial charge in [-0.3, -0.25) is 14.9 Å². The molecular weight excluding hydrogens is 292 g/mol. The quantitative estimate of drug-likeness (QED) is 0.240. The van der Waals surface area contributed by atoms with Crippen molar-refractivity contribution in [2.45, 2.75) is 20.3 Å². The molecule has 22 heavy (non-hydrogen) atoms. The Morgan fingerprint density at radius 3 is 2.68 bits per heavy atom. The SMILES string of the molecule is CCOC(=O)CCO/N=C(\C)c1cc(OC)cc([N+](=O)[O-])c1. The molecule has 8 heteroatoms. The van der Waals surface area contributed by atoms with Crippen LogP contribution >= 0.6 is 0 Å². The van der Waals surface area contributed by atoms with Crippen LogP contribution < -0.4 is 4.74 Å². The van der Waals surface area contributed by atoms with Gasteiger partial charge in [0.1, 0.15) is 12.4 Å². The van der Waals surface area contributed by atoms with E-state index in [0.29, 0.717) is 23.6 Å². The molecule has 0 fully saturated rings. The minimum absolute atomic E-state index is 0.0717. The van der Waals surface area contributed by atoms with Crippen molar-refractivity contribution in [3.8, 4) is 5.75 Å². The summed E-state index contributed by atoms with van der Waals surface area (Å²) in [5.41, 5.74) is 0.837. The Balaban J connectivity index is 2.73. The van der Waals surface area contributed by atoms with Crippen LogP contribution in [-0.2, 0) is 14.4 Å². The van der Waals surface area contributed by atoms with Gasteiger partial charge in [-0.25, -0.2) is 0 Å². The van der Waals surface area contributed by atoms with Crippen molar-refractivity contribution in [1.82, 2.24) is 0 Å². The monoisotopic (exact) mass is 310 g/mol. The zero-order chi connectivity index (χ0) is 16.5. The Bertz CT molecular complexity index is 570.